The van der Waals surface area contributed by atoms with Gasteiger partial charge in [0, 0.05) is 35.9 Å². The number of ether oxygens (including phenoxy) is 4. The van der Waals surface area contributed by atoms with E-state index in [1.807, 2.05) is 36.4 Å². The van der Waals surface area contributed by atoms with E-state index in [0.29, 0.717) is 32.8 Å². The number of nitrogens with zero attached hydrogens (tertiary/aromatic N) is 1. The average Bonchev–Trinajstić information content (AvgIpc) is 3.60. The van der Waals surface area contributed by atoms with Crippen LogP contribution in [0.1, 0.15) is 58.8 Å². The van der Waals surface area contributed by atoms with Crippen molar-refractivity contribution in [3.8, 4) is 0 Å². The van der Waals surface area contributed by atoms with Crippen LogP contribution in [0.25, 0.3) is 10.9 Å². The standard InChI is InChI=1S/C37H38N2O4/c1-2-26-13-15-27(16-14-26)17-35-33-20-34-30(18-36(33)39-38-35)24-42-37(34)21-31(41-23-29-11-7-4-8-12-29)19-32(43-37)25-40-22-28-9-5-3-6-10-28/h3-16,18,20,31-32H,2,17,19,21-25H2,1H3,(H,38,39)/t31-,32-,37+/m0/s1. The summed E-state index contributed by atoms with van der Waals surface area (Å²) in [7, 11) is 0. The van der Waals surface area contributed by atoms with Gasteiger partial charge in [-0.25, -0.2) is 0 Å². The molecule has 3 atom stereocenters. The molecule has 0 radical (unpaired) electrons. The first-order chi connectivity index (χ1) is 21.2. The van der Waals surface area contributed by atoms with Crippen LogP contribution in [-0.2, 0) is 57.4 Å². The summed E-state index contributed by atoms with van der Waals surface area (Å²) in [5.41, 5.74) is 9.14. The third-order valence-corrected chi connectivity index (χ3v) is 8.66. The molecule has 220 valence electrons. The van der Waals surface area contributed by atoms with Crippen LogP contribution in [0.15, 0.2) is 97.1 Å². The second-order valence-electron chi connectivity index (χ2n) is 11.7. The molecule has 5 aromatic rings. The summed E-state index contributed by atoms with van der Waals surface area (Å²) in [5, 5.41) is 9.07. The third-order valence-electron chi connectivity index (χ3n) is 8.66. The minimum atomic E-state index is -0.888. The predicted molar refractivity (Wildman–Crippen MR) is 166 cm³/mol. The first kappa shape index (κ1) is 28.0. The highest BCUT2D eigenvalue weighted by molar-refractivity contribution is 5.84. The van der Waals surface area contributed by atoms with E-state index in [-0.39, 0.29) is 12.2 Å². The molecule has 0 aliphatic carbocycles. The molecular formula is C37H38N2O4. The lowest BCUT2D eigenvalue weighted by atomic mass is 9.90. The number of H-pyrrole nitrogens is 1. The molecule has 3 heterocycles. The van der Waals surface area contributed by atoms with Crippen LogP contribution < -0.4 is 0 Å². The Morgan fingerprint density at radius 3 is 2.33 bits per heavy atom. The van der Waals surface area contributed by atoms with E-state index in [1.54, 1.807) is 0 Å². The smallest absolute Gasteiger partial charge is 0.198 e. The van der Waals surface area contributed by atoms with E-state index in [0.717, 1.165) is 58.1 Å². The van der Waals surface area contributed by atoms with Crippen molar-refractivity contribution in [3.05, 3.63) is 136 Å². The average molecular weight is 575 g/mol. The number of hydrogen-bond acceptors (Lipinski definition) is 5. The Labute approximate surface area is 253 Å². The molecule has 43 heavy (non-hydrogen) atoms. The molecule has 6 heteroatoms. The molecule has 7 rings (SSSR count). The fourth-order valence-corrected chi connectivity index (χ4v) is 6.34. The summed E-state index contributed by atoms with van der Waals surface area (Å²) in [6.45, 7) is 4.22. The second kappa shape index (κ2) is 12.4. The van der Waals surface area contributed by atoms with Crippen molar-refractivity contribution in [2.24, 2.45) is 0 Å². The van der Waals surface area contributed by atoms with Gasteiger partial charge in [-0.2, -0.15) is 5.10 Å². The van der Waals surface area contributed by atoms with Crippen LogP contribution in [0.2, 0.25) is 0 Å². The van der Waals surface area contributed by atoms with Gasteiger partial charge in [0.05, 0.1) is 44.2 Å². The summed E-state index contributed by atoms with van der Waals surface area (Å²) in [4.78, 5) is 0. The van der Waals surface area contributed by atoms with E-state index in [2.05, 4.69) is 77.8 Å². The quantitative estimate of drug-likeness (QED) is 0.189. The largest absolute Gasteiger partial charge is 0.374 e. The van der Waals surface area contributed by atoms with Crippen LogP contribution in [0.5, 0.6) is 0 Å². The summed E-state index contributed by atoms with van der Waals surface area (Å²) in [6, 6.07) is 33.8. The topological polar surface area (TPSA) is 65.6 Å². The van der Waals surface area contributed by atoms with Gasteiger partial charge >= 0.3 is 0 Å². The number of hydrogen-bond donors (Lipinski definition) is 1. The number of benzene rings is 4. The molecule has 1 fully saturated rings. The fourth-order valence-electron chi connectivity index (χ4n) is 6.34. The lowest BCUT2D eigenvalue weighted by molar-refractivity contribution is -0.309. The van der Waals surface area contributed by atoms with Crippen molar-refractivity contribution in [2.75, 3.05) is 6.61 Å². The Morgan fingerprint density at radius 2 is 1.58 bits per heavy atom. The summed E-state index contributed by atoms with van der Waals surface area (Å²) >= 11 is 0. The zero-order valence-electron chi connectivity index (χ0n) is 24.6. The minimum Gasteiger partial charge on any atom is -0.374 e. The van der Waals surface area contributed by atoms with Crippen molar-refractivity contribution in [2.45, 2.75) is 70.4 Å². The van der Waals surface area contributed by atoms with Gasteiger partial charge < -0.3 is 18.9 Å². The molecular weight excluding hydrogens is 536 g/mol. The monoisotopic (exact) mass is 574 g/mol. The maximum atomic E-state index is 6.83. The highest BCUT2D eigenvalue weighted by Crippen LogP contribution is 2.47. The van der Waals surface area contributed by atoms with E-state index >= 15 is 0 Å². The molecule has 1 spiro atoms. The molecule has 1 saturated heterocycles. The van der Waals surface area contributed by atoms with Crippen molar-refractivity contribution >= 4 is 10.9 Å². The van der Waals surface area contributed by atoms with Crippen molar-refractivity contribution in [1.29, 1.82) is 0 Å². The maximum Gasteiger partial charge on any atom is 0.198 e. The Balaban J connectivity index is 1.15. The molecule has 1 aromatic heterocycles. The summed E-state index contributed by atoms with van der Waals surface area (Å²) in [5.74, 6) is -0.888. The van der Waals surface area contributed by atoms with Gasteiger partial charge in [0.1, 0.15) is 0 Å². The van der Waals surface area contributed by atoms with Crippen LogP contribution in [0.3, 0.4) is 0 Å². The van der Waals surface area contributed by atoms with Gasteiger partial charge in [0.15, 0.2) is 5.79 Å². The lowest BCUT2D eigenvalue weighted by Gasteiger charge is -2.42. The van der Waals surface area contributed by atoms with Gasteiger partial charge in [0.2, 0.25) is 0 Å². The SMILES string of the molecule is CCc1ccc(Cc2[nH]nc3cc4c(cc23)[C@]2(C[C@@H](OCc3ccccc3)C[C@@H](COCc3ccccc3)O2)OC4)cc1. The summed E-state index contributed by atoms with van der Waals surface area (Å²) < 4.78 is 26.1. The number of aromatic amines is 1. The van der Waals surface area contributed by atoms with Crippen molar-refractivity contribution < 1.29 is 18.9 Å². The molecule has 1 N–H and O–H groups in total. The van der Waals surface area contributed by atoms with Crippen LogP contribution in [-0.4, -0.2) is 29.0 Å². The van der Waals surface area contributed by atoms with Gasteiger partial charge in [-0.3, -0.25) is 5.10 Å². The van der Waals surface area contributed by atoms with Gasteiger partial charge in [0.25, 0.3) is 0 Å². The molecule has 0 unspecified atom stereocenters. The third kappa shape index (κ3) is 6.15. The Kier molecular flexibility index (Phi) is 8.09. The van der Waals surface area contributed by atoms with E-state index in [1.165, 1.54) is 11.1 Å². The predicted octanol–water partition coefficient (Wildman–Crippen LogP) is 7.38. The lowest BCUT2D eigenvalue weighted by Crippen LogP contribution is -2.46. The Hall–Kier alpha value is -3.81. The molecule has 2 aliphatic heterocycles. The van der Waals surface area contributed by atoms with E-state index < -0.39 is 5.79 Å². The van der Waals surface area contributed by atoms with Crippen LogP contribution in [0, 0.1) is 0 Å². The molecule has 0 saturated carbocycles. The maximum absolute atomic E-state index is 6.83. The molecule has 0 bridgehead atoms. The van der Waals surface area contributed by atoms with Gasteiger partial charge in [-0.15, -0.1) is 0 Å². The van der Waals surface area contributed by atoms with E-state index in [4.69, 9.17) is 18.9 Å². The first-order valence-electron chi connectivity index (χ1n) is 15.3. The number of aryl methyl sites for hydroxylation is 1. The molecule has 4 aromatic carbocycles. The second-order valence-corrected chi connectivity index (χ2v) is 11.7. The van der Waals surface area contributed by atoms with Crippen molar-refractivity contribution in [3.63, 3.8) is 0 Å². The van der Waals surface area contributed by atoms with Gasteiger partial charge in [-0.1, -0.05) is 91.9 Å². The summed E-state index contributed by atoms with van der Waals surface area (Å²) in [6.07, 6.45) is 2.99. The minimum absolute atomic E-state index is 0.0400. The zero-order chi connectivity index (χ0) is 29.1. The van der Waals surface area contributed by atoms with Crippen LogP contribution >= 0.6 is 0 Å². The van der Waals surface area contributed by atoms with Crippen molar-refractivity contribution in [1.82, 2.24) is 10.2 Å². The number of rotatable bonds is 10. The Bertz CT molecular complexity index is 1650. The first-order valence-corrected chi connectivity index (χ1v) is 15.3. The molecule has 0 amide bonds. The number of nitrogens with one attached hydrogen (secondary N) is 1. The number of fused-ring (bicyclic) bond motifs is 3. The highest BCUT2D eigenvalue weighted by atomic mass is 16.7. The van der Waals surface area contributed by atoms with E-state index in [9.17, 15) is 0 Å². The Morgan fingerprint density at radius 1 is 0.860 bits per heavy atom. The van der Waals surface area contributed by atoms with Gasteiger partial charge in [-0.05, 0) is 46.4 Å². The molecule has 2 aliphatic rings. The fraction of sp³-hybridized carbons (Fsp3) is 0.324. The van der Waals surface area contributed by atoms with Crippen LogP contribution in [0.4, 0.5) is 0 Å². The normalized spacial score (nSPS) is 21.4. The number of aromatic nitrogens is 2. The highest BCUT2D eigenvalue weighted by Gasteiger charge is 2.49. The zero-order valence-corrected chi connectivity index (χ0v) is 24.6. The molecule has 6 nitrogen and oxygen atoms in total.